The number of methoxy groups -OCH3 is 1. The van der Waals surface area contributed by atoms with Crippen molar-refractivity contribution in [3.63, 3.8) is 0 Å². The van der Waals surface area contributed by atoms with E-state index >= 15 is 0 Å². The zero-order valence-corrected chi connectivity index (χ0v) is 7.63. The van der Waals surface area contributed by atoms with Gasteiger partial charge in [-0.05, 0) is 0 Å². The van der Waals surface area contributed by atoms with Gasteiger partial charge in [0.05, 0.1) is 0 Å². The summed E-state index contributed by atoms with van der Waals surface area (Å²) in [7, 11) is -2.94. The zero-order chi connectivity index (χ0) is 9.49. The van der Waals surface area contributed by atoms with E-state index in [9.17, 15) is 0 Å². The molecule has 0 aromatic heterocycles. The second-order valence-electron chi connectivity index (χ2n) is 1.90. The molecular weight excluding hydrogens is 167 g/mol. The molecule has 0 spiro atoms. The summed E-state index contributed by atoms with van der Waals surface area (Å²) in [6, 6.07) is 0. The average molecular weight is 178 g/mol. The van der Waals surface area contributed by atoms with Crippen LogP contribution in [-0.4, -0.2) is 47.1 Å². The third-order valence-electron chi connectivity index (χ3n) is 0.977. The van der Waals surface area contributed by atoms with Crippen LogP contribution in [0.5, 0.6) is 0 Å². The summed E-state index contributed by atoms with van der Waals surface area (Å²) in [6.45, 7) is 2.11. The predicted molar refractivity (Wildman–Crippen MR) is 41.0 cm³/mol. The topological polar surface area (TPSA) is 83.8 Å². The minimum absolute atomic E-state index is 0.435. The van der Waals surface area contributed by atoms with Gasteiger partial charge in [0.2, 0.25) is 0 Å². The molecule has 0 saturated heterocycles. The molecule has 0 amide bonds. The molecule has 11 heavy (non-hydrogen) atoms. The van der Waals surface area contributed by atoms with E-state index in [1.165, 1.54) is 0 Å². The van der Waals surface area contributed by atoms with Crippen molar-refractivity contribution in [2.75, 3.05) is 7.11 Å². The van der Waals surface area contributed by atoms with Crippen LogP contribution in [0.3, 0.4) is 0 Å². The van der Waals surface area contributed by atoms with Gasteiger partial charge in [-0.15, -0.1) is 0 Å². The van der Waals surface area contributed by atoms with Crippen molar-refractivity contribution in [1.29, 1.82) is 0 Å². The van der Waals surface area contributed by atoms with Crippen LogP contribution in [0.15, 0.2) is 0 Å². The van der Waals surface area contributed by atoms with Crippen LogP contribution in [0.25, 0.3) is 0 Å². The Labute approximate surface area is 75.9 Å². The maximum absolute atomic E-state index is 8.74. The summed E-state index contributed by atoms with van der Waals surface area (Å²) in [5.41, 5.74) is 0. The Kier molecular flexibility index (Phi) is 9.02. The molecule has 1 unspecified atom stereocenters. The van der Waals surface area contributed by atoms with E-state index in [0.29, 0.717) is 4.78 Å². The van der Waals surface area contributed by atoms with Gasteiger partial charge >= 0.3 is 58.1 Å². The Balaban J connectivity index is 0. The molecule has 0 aliphatic carbocycles. The van der Waals surface area contributed by atoms with E-state index in [2.05, 4.69) is 24.6 Å². The standard InChI is InChI=1S/C4H9O.Li.H2O4S/c1-3-4-5-2;;1-5(2,3)4/h4H,3H2,1-2H3;;(H2,1,2,3,4). The Morgan fingerprint density at radius 3 is 1.82 bits per heavy atom. The quantitative estimate of drug-likeness (QED) is 0.455. The van der Waals surface area contributed by atoms with Gasteiger partial charge in [-0.1, -0.05) is 0 Å². The van der Waals surface area contributed by atoms with E-state index in [1.807, 2.05) is 0 Å². The van der Waals surface area contributed by atoms with Crippen molar-refractivity contribution in [3.05, 3.63) is 0 Å². The Morgan fingerprint density at radius 2 is 1.82 bits per heavy atom. The summed E-state index contributed by atoms with van der Waals surface area (Å²) < 4.78 is 36.9. The number of hydrogen-bond acceptors (Lipinski definition) is 3. The fourth-order valence-corrected chi connectivity index (χ4v) is 0.167. The first-order chi connectivity index (χ1) is 4.81. The summed E-state index contributed by atoms with van der Waals surface area (Å²) >= 11 is 2.06. The SMILES string of the molecule is O=S(=O)(O)O.[Li][CH](CC)OC. The molecule has 2 N–H and O–H groups in total. The van der Waals surface area contributed by atoms with Gasteiger partial charge in [-0.25, -0.2) is 0 Å². The molecule has 0 bridgehead atoms. The first kappa shape index (κ1) is 14.0. The van der Waals surface area contributed by atoms with Crippen molar-refractivity contribution >= 4 is 28.1 Å². The first-order valence-electron chi connectivity index (χ1n) is 3.04. The molecule has 0 aromatic carbocycles. The molecule has 64 valence electrons. The van der Waals surface area contributed by atoms with Crippen LogP contribution in [0.1, 0.15) is 13.3 Å². The summed E-state index contributed by atoms with van der Waals surface area (Å²) in [5.74, 6) is 0. The van der Waals surface area contributed by atoms with Gasteiger partial charge in [0.1, 0.15) is 0 Å². The monoisotopic (exact) mass is 178 g/mol. The summed E-state index contributed by atoms with van der Waals surface area (Å²) in [5, 5.41) is 0. The zero-order valence-electron chi connectivity index (χ0n) is 6.81. The van der Waals surface area contributed by atoms with Crippen LogP contribution in [0.2, 0.25) is 0 Å². The van der Waals surface area contributed by atoms with Gasteiger partial charge in [0.15, 0.2) is 0 Å². The Morgan fingerprint density at radius 1 is 1.55 bits per heavy atom. The Bertz CT molecular complexity index is 153. The van der Waals surface area contributed by atoms with Crippen LogP contribution < -0.4 is 0 Å². The van der Waals surface area contributed by atoms with E-state index in [0.717, 1.165) is 6.42 Å². The van der Waals surface area contributed by atoms with Crippen LogP contribution in [0, 0.1) is 0 Å². The van der Waals surface area contributed by atoms with Gasteiger partial charge < -0.3 is 0 Å². The van der Waals surface area contributed by atoms with E-state index in [-0.39, 0.29) is 0 Å². The van der Waals surface area contributed by atoms with Crippen molar-refractivity contribution in [2.45, 2.75) is 18.1 Å². The van der Waals surface area contributed by atoms with E-state index in [1.54, 1.807) is 7.11 Å². The van der Waals surface area contributed by atoms with Crippen molar-refractivity contribution in [3.8, 4) is 0 Å². The molecule has 0 aromatic rings. The fourth-order valence-electron chi connectivity index (χ4n) is 0.167. The van der Waals surface area contributed by atoms with Crippen molar-refractivity contribution in [2.24, 2.45) is 0 Å². The molecule has 7 heteroatoms. The number of rotatable bonds is 2. The normalized spacial score (nSPS) is 13.3. The molecule has 0 radical (unpaired) electrons. The van der Waals surface area contributed by atoms with Crippen molar-refractivity contribution in [1.82, 2.24) is 0 Å². The van der Waals surface area contributed by atoms with Gasteiger partial charge in [0.25, 0.3) is 0 Å². The third-order valence-corrected chi connectivity index (χ3v) is 0.977. The third kappa shape index (κ3) is 37.8. The molecule has 0 aliphatic heterocycles. The van der Waals surface area contributed by atoms with E-state index < -0.39 is 10.4 Å². The maximum atomic E-state index is 8.74. The minimum atomic E-state index is -4.67. The molecule has 0 saturated carbocycles. The Hall–Kier alpha value is 0.427. The molecule has 0 rings (SSSR count). The molecule has 0 fully saturated rings. The first-order valence-corrected chi connectivity index (χ1v) is 4.43. The molecule has 1 atom stereocenters. The predicted octanol–water partition coefficient (Wildman–Crippen LogP) is -0.115. The number of hydrogen-bond donors (Lipinski definition) is 2. The molecule has 5 nitrogen and oxygen atoms in total. The molecule has 0 aliphatic rings. The average Bonchev–Trinajstić information content (AvgIpc) is 1.83. The summed E-state index contributed by atoms with van der Waals surface area (Å²) in [6.07, 6.45) is 1.11. The van der Waals surface area contributed by atoms with Crippen LogP contribution >= 0.6 is 0 Å². The van der Waals surface area contributed by atoms with Crippen molar-refractivity contribution < 1.29 is 22.3 Å². The fraction of sp³-hybridized carbons (Fsp3) is 1.00. The van der Waals surface area contributed by atoms with Crippen LogP contribution in [0.4, 0.5) is 0 Å². The number of ether oxygens (including phenoxy) is 1. The second kappa shape index (κ2) is 7.10. The van der Waals surface area contributed by atoms with Crippen LogP contribution in [-0.2, 0) is 15.1 Å². The summed E-state index contributed by atoms with van der Waals surface area (Å²) in [4.78, 5) is 0. The van der Waals surface area contributed by atoms with Gasteiger partial charge in [-0.3, -0.25) is 9.11 Å². The van der Waals surface area contributed by atoms with Gasteiger partial charge in [-0.2, -0.15) is 8.42 Å². The second-order valence-corrected chi connectivity index (χ2v) is 2.80. The van der Waals surface area contributed by atoms with Gasteiger partial charge in [0, 0.05) is 0 Å². The molecular formula is C4H11LiO5S. The molecule has 0 heterocycles. The van der Waals surface area contributed by atoms with E-state index in [4.69, 9.17) is 22.3 Å².